The molecule has 0 heterocycles. The summed E-state index contributed by atoms with van der Waals surface area (Å²) in [6.45, 7) is 0.00829. The standard InChI is InChI=1S/C9H9NO5/c1-15-5-7-2-6(4-11)3-8(9(7)12)10(13)14/h2-4,12H,5H2,1H3. The zero-order valence-corrected chi connectivity index (χ0v) is 7.97. The smallest absolute Gasteiger partial charge is 0.311 e. The van der Waals surface area contributed by atoms with E-state index >= 15 is 0 Å². The lowest BCUT2D eigenvalue weighted by molar-refractivity contribution is -0.386. The summed E-state index contributed by atoms with van der Waals surface area (Å²) in [6, 6.07) is 2.36. The molecule has 80 valence electrons. The third-order valence-electron chi connectivity index (χ3n) is 1.82. The molecule has 1 rings (SSSR count). The van der Waals surface area contributed by atoms with E-state index in [1.807, 2.05) is 0 Å². The molecule has 0 fully saturated rings. The van der Waals surface area contributed by atoms with Crippen LogP contribution in [0.15, 0.2) is 12.1 Å². The number of hydrogen-bond donors (Lipinski definition) is 1. The highest BCUT2D eigenvalue weighted by Crippen LogP contribution is 2.31. The van der Waals surface area contributed by atoms with Gasteiger partial charge in [0.2, 0.25) is 0 Å². The number of carbonyl (C=O) groups is 1. The van der Waals surface area contributed by atoms with Crippen LogP contribution in [0.3, 0.4) is 0 Å². The van der Waals surface area contributed by atoms with Crippen molar-refractivity contribution in [2.45, 2.75) is 6.61 Å². The van der Waals surface area contributed by atoms with E-state index in [0.717, 1.165) is 6.07 Å². The second-order valence-corrected chi connectivity index (χ2v) is 2.86. The fraction of sp³-hybridized carbons (Fsp3) is 0.222. The highest BCUT2D eigenvalue weighted by atomic mass is 16.6. The Morgan fingerprint density at radius 1 is 1.60 bits per heavy atom. The molecule has 0 aliphatic heterocycles. The van der Waals surface area contributed by atoms with Gasteiger partial charge in [0.05, 0.1) is 11.5 Å². The Kier molecular flexibility index (Phi) is 3.35. The second kappa shape index (κ2) is 4.52. The Morgan fingerprint density at radius 3 is 2.73 bits per heavy atom. The molecule has 0 radical (unpaired) electrons. The number of nitro groups is 1. The predicted octanol–water partition coefficient (Wildman–Crippen LogP) is 1.26. The zero-order valence-electron chi connectivity index (χ0n) is 7.97. The number of hydrogen-bond acceptors (Lipinski definition) is 5. The Balaban J connectivity index is 3.32. The van der Waals surface area contributed by atoms with Crippen molar-refractivity contribution in [3.05, 3.63) is 33.4 Å². The van der Waals surface area contributed by atoms with Gasteiger partial charge >= 0.3 is 5.69 Å². The van der Waals surface area contributed by atoms with Crippen molar-refractivity contribution in [1.29, 1.82) is 0 Å². The average Bonchev–Trinajstić information content (AvgIpc) is 2.21. The molecular formula is C9H9NO5. The summed E-state index contributed by atoms with van der Waals surface area (Å²) in [5.41, 5.74) is -0.146. The topological polar surface area (TPSA) is 89.7 Å². The number of benzene rings is 1. The third-order valence-corrected chi connectivity index (χ3v) is 1.82. The minimum absolute atomic E-state index is 0.00829. The molecule has 15 heavy (non-hydrogen) atoms. The van der Waals surface area contributed by atoms with E-state index in [1.165, 1.54) is 13.2 Å². The molecule has 0 aliphatic rings. The fourth-order valence-corrected chi connectivity index (χ4v) is 1.17. The van der Waals surface area contributed by atoms with E-state index in [1.54, 1.807) is 0 Å². The van der Waals surface area contributed by atoms with Gasteiger partial charge in [-0.15, -0.1) is 0 Å². The van der Waals surface area contributed by atoms with Gasteiger partial charge in [0, 0.05) is 24.3 Å². The van der Waals surface area contributed by atoms with E-state index in [2.05, 4.69) is 0 Å². The average molecular weight is 211 g/mol. The first-order valence-electron chi connectivity index (χ1n) is 4.04. The quantitative estimate of drug-likeness (QED) is 0.460. The molecule has 0 atom stereocenters. The molecule has 1 aromatic rings. The van der Waals surface area contributed by atoms with Crippen LogP contribution in [0, 0.1) is 10.1 Å². The van der Waals surface area contributed by atoms with Gasteiger partial charge in [-0.25, -0.2) is 0 Å². The molecule has 0 spiro atoms. The SMILES string of the molecule is COCc1cc(C=O)cc([N+](=O)[O-])c1O. The van der Waals surface area contributed by atoms with Gasteiger partial charge in [0.25, 0.3) is 0 Å². The summed E-state index contributed by atoms with van der Waals surface area (Å²) in [5.74, 6) is -0.465. The molecule has 1 aromatic carbocycles. The Bertz CT molecular complexity index is 402. The van der Waals surface area contributed by atoms with E-state index in [4.69, 9.17) is 4.74 Å². The van der Waals surface area contributed by atoms with Crippen LogP contribution >= 0.6 is 0 Å². The number of methoxy groups -OCH3 is 1. The molecule has 0 saturated heterocycles. The summed E-state index contributed by atoms with van der Waals surface area (Å²) < 4.78 is 4.74. The number of carbonyl (C=O) groups excluding carboxylic acids is 1. The minimum Gasteiger partial charge on any atom is -0.502 e. The molecule has 1 N–H and O–H groups in total. The van der Waals surface area contributed by atoms with Crippen LogP contribution in [0.25, 0.3) is 0 Å². The maximum atomic E-state index is 10.5. The lowest BCUT2D eigenvalue weighted by Crippen LogP contribution is -1.96. The van der Waals surface area contributed by atoms with E-state index < -0.39 is 16.4 Å². The van der Waals surface area contributed by atoms with Gasteiger partial charge in [-0.05, 0) is 6.07 Å². The normalized spacial score (nSPS) is 9.93. The predicted molar refractivity (Wildman–Crippen MR) is 50.9 cm³/mol. The molecule has 6 heteroatoms. The van der Waals surface area contributed by atoms with Crippen LogP contribution in [0.1, 0.15) is 15.9 Å². The largest absolute Gasteiger partial charge is 0.502 e. The number of nitro benzene ring substituents is 1. The molecule has 0 aliphatic carbocycles. The molecule has 0 amide bonds. The van der Waals surface area contributed by atoms with E-state index in [-0.39, 0.29) is 17.7 Å². The van der Waals surface area contributed by atoms with Crippen molar-refractivity contribution in [2.24, 2.45) is 0 Å². The van der Waals surface area contributed by atoms with Crippen molar-refractivity contribution in [2.75, 3.05) is 7.11 Å². The Morgan fingerprint density at radius 2 is 2.27 bits per heavy atom. The number of phenols is 1. The summed E-state index contributed by atoms with van der Waals surface area (Å²) in [4.78, 5) is 20.3. The van der Waals surface area contributed by atoms with E-state index in [9.17, 15) is 20.0 Å². The molecule has 0 aromatic heterocycles. The van der Waals surface area contributed by atoms with Crippen molar-refractivity contribution in [3.8, 4) is 5.75 Å². The molecule has 0 bridgehead atoms. The highest BCUT2D eigenvalue weighted by Gasteiger charge is 2.18. The van der Waals surface area contributed by atoms with Gasteiger partial charge < -0.3 is 9.84 Å². The lowest BCUT2D eigenvalue weighted by atomic mass is 10.1. The molecular weight excluding hydrogens is 202 g/mol. The molecule has 0 saturated carbocycles. The van der Waals surface area contributed by atoms with Crippen LogP contribution in [0.2, 0.25) is 0 Å². The molecule has 0 unspecified atom stereocenters. The molecule has 6 nitrogen and oxygen atoms in total. The van der Waals surface area contributed by atoms with Crippen LogP contribution in [-0.4, -0.2) is 23.4 Å². The van der Waals surface area contributed by atoms with Crippen molar-refractivity contribution in [3.63, 3.8) is 0 Å². The van der Waals surface area contributed by atoms with Gasteiger partial charge in [-0.3, -0.25) is 14.9 Å². The number of aromatic hydroxyl groups is 1. The number of phenolic OH excluding ortho intramolecular Hbond substituents is 1. The second-order valence-electron chi connectivity index (χ2n) is 2.86. The van der Waals surface area contributed by atoms with Gasteiger partial charge in [0.1, 0.15) is 6.29 Å². The number of rotatable bonds is 4. The summed E-state index contributed by atoms with van der Waals surface area (Å²) in [6.07, 6.45) is 0.478. The highest BCUT2D eigenvalue weighted by molar-refractivity contribution is 5.78. The van der Waals surface area contributed by atoms with Gasteiger partial charge in [-0.1, -0.05) is 0 Å². The number of aldehydes is 1. The van der Waals surface area contributed by atoms with Crippen molar-refractivity contribution < 1.29 is 19.6 Å². The van der Waals surface area contributed by atoms with Crippen LogP contribution < -0.4 is 0 Å². The van der Waals surface area contributed by atoms with Crippen LogP contribution in [-0.2, 0) is 11.3 Å². The van der Waals surface area contributed by atoms with Crippen LogP contribution in [0.4, 0.5) is 5.69 Å². The lowest BCUT2D eigenvalue weighted by Gasteiger charge is -2.04. The summed E-state index contributed by atoms with van der Waals surface area (Å²) in [7, 11) is 1.39. The van der Waals surface area contributed by atoms with Crippen molar-refractivity contribution in [1.82, 2.24) is 0 Å². The third kappa shape index (κ3) is 2.29. The monoisotopic (exact) mass is 211 g/mol. The maximum absolute atomic E-state index is 10.5. The first-order valence-corrected chi connectivity index (χ1v) is 4.04. The number of ether oxygens (including phenoxy) is 1. The number of nitrogens with zero attached hydrogens (tertiary/aromatic N) is 1. The Labute approximate surface area is 85.2 Å². The van der Waals surface area contributed by atoms with Gasteiger partial charge in [0.15, 0.2) is 5.75 Å². The van der Waals surface area contributed by atoms with Gasteiger partial charge in [-0.2, -0.15) is 0 Å². The fourth-order valence-electron chi connectivity index (χ4n) is 1.17. The summed E-state index contributed by atoms with van der Waals surface area (Å²) >= 11 is 0. The van der Waals surface area contributed by atoms with Crippen molar-refractivity contribution >= 4 is 12.0 Å². The Hall–Kier alpha value is -1.95. The van der Waals surface area contributed by atoms with E-state index in [0.29, 0.717) is 6.29 Å². The maximum Gasteiger partial charge on any atom is 0.311 e. The van der Waals surface area contributed by atoms with Crippen LogP contribution in [0.5, 0.6) is 5.75 Å². The summed E-state index contributed by atoms with van der Waals surface area (Å²) in [5, 5.41) is 20.0. The first-order chi connectivity index (χ1) is 7.10. The first kappa shape index (κ1) is 11.1. The minimum atomic E-state index is -0.749. The zero-order chi connectivity index (χ0) is 11.4.